The van der Waals surface area contributed by atoms with E-state index in [2.05, 4.69) is 5.32 Å². The maximum atomic E-state index is 11.6. The van der Waals surface area contributed by atoms with Gasteiger partial charge in [-0.25, -0.2) is 9.59 Å². The van der Waals surface area contributed by atoms with Crippen molar-refractivity contribution in [3.8, 4) is 5.75 Å². The van der Waals surface area contributed by atoms with Gasteiger partial charge in [-0.2, -0.15) is 0 Å². The van der Waals surface area contributed by atoms with Crippen LogP contribution in [0.3, 0.4) is 0 Å². The predicted octanol–water partition coefficient (Wildman–Crippen LogP) is 2.65. The molecule has 178 valence electrons. The van der Waals surface area contributed by atoms with Gasteiger partial charge in [0, 0.05) is 24.4 Å². The molecule has 0 aliphatic heterocycles. The summed E-state index contributed by atoms with van der Waals surface area (Å²) < 4.78 is 25.2. The Hall–Kier alpha value is -3.90. The quantitative estimate of drug-likeness (QED) is 0.113. The summed E-state index contributed by atoms with van der Waals surface area (Å²) in [4.78, 5) is 33.1. The second-order valence-electron chi connectivity index (χ2n) is 6.41. The zero-order chi connectivity index (χ0) is 23.9. The van der Waals surface area contributed by atoms with Crippen LogP contribution >= 0.6 is 0 Å². The van der Waals surface area contributed by atoms with Crippen molar-refractivity contribution in [2.45, 2.75) is 6.54 Å². The van der Waals surface area contributed by atoms with E-state index in [-0.39, 0.29) is 51.1 Å². The molecule has 2 aromatic carbocycles. The molecule has 0 spiro atoms. The number of carbonyl (C=O) groups excluding carboxylic acids is 2. The van der Waals surface area contributed by atoms with Gasteiger partial charge in [0.05, 0.1) is 31.4 Å². The molecule has 3 N–H and O–H groups in total. The number of amides is 1. The van der Waals surface area contributed by atoms with E-state index in [1.165, 1.54) is 24.3 Å². The Morgan fingerprint density at radius 1 is 0.848 bits per heavy atom. The topological polar surface area (TPSA) is 161 Å². The fourth-order valence-electron chi connectivity index (χ4n) is 2.32. The van der Waals surface area contributed by atoms with Gasteiger partial charge < -0.3 is 34.7 Å². The molecule has 1 amide bonds. The fourth-order valence-corrected chi connectivity index (χ4v) is 2.32. The van der Waals surface area contributed by atoms with Crippen molar-refractivity contribution in [2.24, 2.45) is 0 Å². The molecular formula is C21H25N3O9. The number of hydrogen-bond acceptors (Lipinski definition) is 10. The van der Waals surface area contributed by atoms with E-state index in [0.717, 1.165) is 5.56 Å². The van der Waals surface area contributed by atoms with E-state index in [0.29, 0.717) is 12.2 Å². The van der Waals surface area contributed by atoms with Gasteiger partial charge in [0.2, 0.25) is 0 Å². The molecule has 0 bridgehead atoms. The lowest BCUT2D eigenvalue weighted by atomic mass is 10.2. The summed E-state index contributed by atoms with van der Waals surface area (Å²) in [5.74, 6) is 0.126. The Morgan fingerprint density at radius 2 is 1.42 bits per heavy atom. The predicted molar refractivity (Wildman–Crippen MR) is 116 cm³/mol. The largest absolute Gasteiger partial charge is 0.513 e. The van der Waals surface area contributed by atoms with Gasteiger partial charge >= 0.3 is 12.2 Å². The zero-order valence-corrected chi connectivity index (χ0v) is 17.8. The molecule has 2 rings (SSSR count). The number of alkyl carbamates (subject to hydrolysis) is 1. The highest BCUT2D eigenvalue weighted by Crippen LogP contribution is 2.17. The van der Waals surface area contributed by atoms with Crippen molar-refractivity contribution in [2.75, 3.05) is 45.4 Å². The fraction of sp³-hybridized carbons (Fsp3) is 0.333. The van der Waals surface area contributed by atoms with E-state index in [4.69, 9.17) is 29.4 Å². The van der Waals surface area contributed by atoms with Crippen LogP contribution in [0.4, 0.5) is 21.0 Å². The lowest BCUT2D eigenvalue weighted by Crippen LogP contribution is -2.25. The standard InChI is InChI=1S/C21H25N3O9/c22-17-3-1-16(2-4-17)15-23-20(25)31-13-11-29-9-10-30-12-14-32-21(26)33-19-7-5-18(6-8-19)24(27)28/h1-8H,9-15,22H2,(H,23,25). The Balaban J connectivity index is 1.40. The van der Waals surface area contributed by atoms with Crippen LogP contribution in [0.2, 0.25) is 0 Å². The molecule has 33 heavy (non-hydrogen) atoms. The van der Waals surface area contributed by atoms with Crippen molar-refractivity contribution >= 4 is 23.6 Å². The number of hydrogen-bond donors (Lipinski definition) is 2. The number of nitrogens with zero attached hydrogens (tertiary/aromatic N) is 1. The minimum atomic E-state index is -0.949. The summed E-state index contributed by atoms with van der Waals surface area (Å²) in [5.41, 5.74) is 7.03. The molecular weight excluding hydrogens is 438 g/mol. The van der Waals surface area contributed by atoms with Gasteiger partial charge in [0.1, 0.15) is 19.0 Å². The smallest absolute Gasteiger partial charge is 0.447 e. The minimum absolute atomic E-state index is 0.0386. The van der Waals surface area contributed by atoms with Gasteiger partial charge in [-0.05, 0) is 29.8 Å². The number of nitrogen functional groups attached to an aromatic ring is 1. The van der Waals surface area contributed by atoms with E-state index < -0.39 is 17.2 Å². The first-order chi connectivity index (χ1) is 15.9. The number of benzene rings is 2. The lowest BCUT2D eigenvalue weighted by molar-refractivity contribution is -0.384. The third-order valence-electron chi connectivity index (χ3n) is 3.95. The molecule has 0 unspecified atom stereocenters. The Morgan fingerprint density at radius 3 is 2.03 bits per heavy atom. The monoisotopic (exact) mass is 463 g/mol. The molecule has 12 heteroatoms. The second-order valence-corrected chi connectivity index (χ2v) is 6.41. The van der Waals surface area contributed by atoms with Crippen molar-refractivity contribution < 1.29 is 38.2 Å². The van der Waals surface area contributed by atoms with Crippen LogP contribution in [0.1, 0.15) is 5.56 Å². The summed E-state index contributed by atoms with van der Waals surface area (Å²) in [7, 11) is 0. The Kier molecular flexibility index (Phi) is 10.9. The van der Waals surface area contributed by atoms with Crippen molar-refractivity contribution in [1.82, 2.24) is 5.32 Å². The van der Waals surface area contributed by atoms with E-state index in [9.17, 15) is 19.7 Å². The number of nitrogens with one attached hydrogen (secondary N) is 1. The van der Waals surface area contributed by atoms with Crippen LogP contribution in [0.25, 0.3) is 0 Å². The molecule has 0 heterocycles. The maximum absolute atomic E-state index is 11.6. The summed E-state index contributed by atoms with van der Waals surface area (Å²) in [6, 6.07) is 12.1. The number of rotatable bonds is 13. The summed E-state index contributed by atoms with van der Waals surface area (Å²) in [5, 5.41) is 13.2. The zero-order valence-electron chi connectivity index (χ0n) is 17.8. The van der Waals surface area contributed by atoms with Gasteiger partial charge in [0.15, 0.2) is 0 Å². The Bertz CT molecular complexity index is 889. The Labute approximate surface area is 189 Å². The molecule has 0 radical (unpaired) electrons. The number of non-ortho nitro benzene ring substituents is 1. The van der Waals surface area contributed by atoms with Gasteiger partial charge in [-0.3, -0.25) is 10.1 Å². The molecule has 0 aliphatic carbocycles. The highest BCUT2D eigenvalue weighted by Gasteiger charge is 2.09. The average molecular weight is 463 g/mol. The number of nitro groups is 1. The van der Waals surface area contributed by atoms with E-state index >= 15 is 0 Å². The van der Waals surface area contributed by atoms with Crippen LogP contribution in [-0.4, -0.2) is 56.8 Å². The van der Waals surface area contributed by atoms with Gasteiger partial charge in [0.25, 0.3) is 5.69 Å². The number of anilines is 1. The second kappa shape index (κ2) is 14.2. The van der Waals surface area contributed by atoms with Crippen molar-refractivity contribution in [1.29, 1.82) is 0 Å². The summed E-state index contributed by atoms with van der Waals surface area (Å²) in [6.45, 7) is 1.23. The molecule has 0 aliphatic rings. The summed E-state index contributed by atoms with van der Waals surface area (Å²) >= 11 is 0. The van der Waals surface area contributed by atoms with Crippen LogP contribution in [0, 0.1) is 10.1 Å². The first kappa shape index (κ1) is 25.4. The first-order valence-electron chi connectivity index (χ1n) is 9.93. The normalized spacial score (nSPS) is 10.3. The van der Waals surface area contributed by atoms with Crippen LogP contribution in [-0.2, 0) is 25.5 Å². The summed E-state index contributed by atoms with van der Waals surface area (Å²) in [6.07, 6.45) is -1.50. The average Bonchev–Trinajstić information content (AvgIpc) is 2.80. The van der Waals surface area contributed by atoms with Gasteiger partial charge in [-0.15, -0.1) is 0 Å². The highest BCUT2D eigenvalue weighted by molar-refractivity contribution is 5.67. The molecule has 0 atom stereocenters. The third kappa shape index (κ3) is 10.8. The third-order valence-corrected chi connectivity index (χ3v) is 3.95. The van der Waals surface area contributed by atoms with E-state index in [1.54, 1.807) is 12.1 Å². The van der Waals surface area contributed by atoms with E-state index in [1.807, 2.05) is 12.1 Å². The number of nitrogens with two attached hydrogens (primary N) is 1. The highest BCUT2D eigenvalue weighted by atomic mass is 16.7. The van der Waals surface area contributed by atoms with Crippen LogP contribution in [0.15, 0.2) is 48.5 Å². The van der Waals surface area contributed by atoms with Crippen LogP contribution in [0.5, 0.6) is 5.75 Å². The van der Waals surface area contributed by atoms with Crippen LogP contribution < -0.4 is 15.8 Å². The molecule has 12 nitrogen and oxygen atoms in total. The van der Waals surface area contributed by atoms with Crippen molar-refractivity contribution in [3.63, 3.8) is 0 Å². The number of nitro benzene ring substituents is 1. The molecule has 0 fully saturated rings. The number of ether oxygens (including phenoxy) is 5. The molecule has 0 saturated carbocycles. The molecule has 0 saturated heterocycles. The van der Waals surface area contributed by atoms with Gasteiger partial charge in [-0.1, -0.05) is 12.1 Å². The first-order valence-corrected chi connectivity index (χ1v) is 9.93. The maximum Gasteiger partial charge on any atom is 0.513 e. The SMILES string of the molecule is Nc1ccc(CNC(=O)OCCOCCOCCOC(=O)Oc2ccc([N+](=O)[O-])cc2)cc1. The molecule has 2 aromatic rings. The van der Waals surface area contributed by atoms with Crippen molar-refractivity contribution in [3.05, 3.63) is 64.2 Å². The number of carbonyl (C=O) groups is 2. The lowest BCUT2D eigenvalue weighted by Gasteiger charge is -2.09. The minimum Gasteiger partial charge on any atom is -0.447 e. The molecule has 0 aromatic heterocycles.